The molecule has 0 nitrogen and oxygen atoms in total. The summed E-state index contributed by atoms with van der Waals surface area (Å²) in [5, 5.41) is 0. The van der Waals surface area contributed by atoms with Crippen LogP contribution in [0.2, 0.25) is 0 Å². The first-order chi connectivity index (χ1) is 9.77. The lowest BCUT2D eigenvalue weighted by Crippen LogP contribution is -2.36. The van der Waals surface area contributed by atoms with Gasteiger partial charge in [-0.3, -0.25) is 0 Å². The van der Waals surface area contributed by atoms with Crippen LogP contribution in [0.15, 0.2) is 35.5 Å². The molecular formula is C20H26. The first-order valence-corrected chi connectivity index (χ1v) is 8.88. The first kappa shape index (κ1) is 11.8. The van der Waals surface area contributed by atoms with Crippen LogP contribution in [0.1, 0.15) is 45.4 Å². The van der Waals surface area contributed by atoms with E-state index in [9.17, 15) is 0 Å². The maximum absolute atomic E-state index is 4.48. The van der Waals surface area contributed by atoms with Crippen LogP contribution in [0, 0.1) is 41.4 Å². The summed E-state index contributed by atoms with van der Waals surface area (Å²) in [6.07, 6.45) is 13.8. The lowest BCUT2D eigenvalue weighted by molar-refractivity contribution is 0.243. The smallest absolute Gasteiger partial charge is 0.00791 e. The lowest BCUT2D eigenvalue weighted by Gasteiger charge is -2.45. The second kappa shape index (κ2) is 3.90. The summed E-state index contributed by atoms with van der Waals surface area (Å²) in [6.45, 7) is 7.03. The Morgan fingerprint density at radius 1 is 0.950 bits per heavy atom. The fourth-order valence-electron chi connectivity index (χ4n) is 6.86. The van der Waals surface area contributed by atoms with Crippen LogP contribution in [0.3, 0.4) is 0 Å². The highest BCUT2D eigenvalue weighted by Crippen LogP contribution is 2.65. The summed E-state index contributed by atoms with van der Waals surface area (Å²) in [4.78, 5) is 0. The Morgan fingerprint density at radius 2 is 1.70 bits per heavy atom. The van der Waals surface area contributed by atoms with Crippen LogP contribution in [-0.2, 0) is 0 Å². The van der Waals surface area contributed by atoms with Crippen LogP contribution < -0.4 is 0 Å². The van der Waals surface area contributed by atoms with Gasteiger partial charge in [-0.05, 0) is 60.8 Å². The molecule has 5 aliphatic rings. The van der Waals surface area contributed by atoms with Gasteiger partial charge in [-0.1, -0.05) is 49.6 Å². The minimum Gasteiger partial charge on any atom is -0.0952 e. The molecule has 0 radical (unpaired) electrons. The van der Waals surface area contributed by atoms with E-state index in [1.54, 1.807) is 0 Å². The van der Waals surface area contributed by atoms with Gasteiger partial charge in [0.05, 0.1) is 0 Å². The highest BCUT2D eigenvalue weighted by Gasteiger charge is 2.55. The Hall–Kier alpha value is -0.780. The predicted octanol–water partition coefficient (Wildman–Crippen LogP) is 5.14. The number of rotatable bonds is 0. The Balaban J connectivity index is 1.67. The minimum absolute atomic E-state index is 0.732. The molecule has 0 spiro atoms. The summed E-state index contributed by atoms with van der Waals surface area (Å²) in [6, 6.07) is 0. The summed E-state index contributed by atoms with van der Waals surface area (Å²) < 4.78 is 0. The molecule has 4 fully saturated rings. The maximum atomic E-state index is 4.48. The van der Waals surface area contributed by atoms with E-state index in [1.165, 1.54) is 44.1 Å². The molecular weight excluding hydrogens is 240 g/mol. The van der Waals surface area contributed by atoms with E-state index >= 15 is 0 Å². The van der Waals surface area contributed by atoms with Crippen LogP contribution in [-0.4, -0.2) is 0 Å². The molecule has 0 aromatic heterocycles. The molecule has 5 rings (SSSR count). The van der Waals surface area contributed by atoms with Gasteiger partial charge in [0.15, 0.2) is 0 Å². The van der Waals surface area contributed by atoms with E-state index in [0.29, 0.717) is 0 Å². The van der Waals surface area contributed by atoms with Gasteiger partial charge in [0, 0.05) is 11.8 Å². The van der Waals surface area contributed by atoms with Crippen LogP contribution in [0.5, 0.6) is 0 Å². The quantitative estimate of drug-likeness (QED) is 0.533. The molecule has 0 aliphatic heterocycles. The molecule has 0 heterocycles. The molecule has 0 saturated heterocycles. The predicted molar refractivity (Wildman–Crippen MR) is 83.1 cm³/mol. The van der Waals surface area contributed by atoms with Gasteiger partial charge in [-0.2, -0.15) is 0 Å². The Morgan fingerprint density at radius 3 is 2.60 bits per heavy atom. The molecule has 0 aromatic rings. The van der Waals surface area contributed by atoms with Crippen molar-refractivity contribution in [1.82, 2.24) is 0 Å². The van der Waals surface area contributed by atoms with Crippen molar-refractivity contribution in [2.24, 2.45) is 41.4 Å². The van der Waals surface area contributed by atoms with E-state index < -0.39 is 0 Å². The number of fused-ring (bicyclic) bond motifs is 7. The molecule has 7 atom stereocenters. The van der Waals surface area contributed by atoms with E-state index in [1.807, 2.05) is 11.1 Å². The second-order valence-electron chi connectivity index (χ2n) is 8.10. The number of hydrogen-bond acceptors (Lipinski definition) is 0. The highest BCUT2D eigenvalue weighted by molar-refractivity contribution is 5.47. The number of hydrogen-bond donors (Lipinski definition) is 0. The van der Waals surface area contributed by atoms with Crippen molar-refractivity contribution >= 4 is 0 Å². The van der Waals surface area contributed by atoms with Gasteiger partial charge in [0.2, 0.25) is 0 Å². The third-order valence-corrected chi connectivity index (χ3v) is 7.56. The number of allylic oxidation sites excluding steroid dienone is 5. The van der Waals surface area contributed by atoms with Gasteiger partial charge >= 0.3 is 0 Å². The zero-order valence-corrected chi connectivity index (χ0v) is 12.6. The summed E-state index contributed by atoms with van der Waals surface area (Å²) in [5.41, 5.74) is 5.25. The summed E-state index contributed by atoms with van der Waals surface area (Å²) in [5.74, 6) is 6.26. The van der Waals surface area contributed by atoms with Crippen molar-refractivity contribution in [3.8, 4) is 0 Å². The van der Waals surface area contributed by atoms with E-state index in [-0.39, 0.29) is 0 Å². The van der Waals surface area contributed by atoms with Gasteiger partial charge in [-0.25, -0.2) is 0 Å². The molecule has 106 valence electrons. The molecule has 0 N–H and O–H groups in total. The van der Waals surface area contributed by atoms with Crippen molar-refractivity contribution < 1.29 is 0 Å². The SMILES string of the molecule is C=C1C=CC2C(=C3C(C)C4CCCC4C13)C1CCCC21. The van der Waals surface area contributed by atoms with Crippen LogP contribution in [0.4, 0.5) is 0 Å². The van der Waals surface area contributed by atoms with Crippen molar-refractivity contribution in [1.29, 1.82) is 0 Å². The summed E-state index contributed by atoms with van der Waals surface area (Å²) >= 11 is 0. The van der Waals surface area contributed by atoms with Crippen LogP contribution >= 0.6 is 0 Å². The fraction of sp³-hybridized carbons (Fsp3) is 0.700. The minimum atomic E-state index is 0.732. The largest absolute Gasteiger partial charge is 0.0952 e. The Labute approximate surface area is 123 Å². The highest BCUT2D eigenvalue weighted by atomic mass is 14.6. The first-order valence-electron chi connectivity index (χ1n) is 8.88. The van der Waals surface area contributed by atoms with Crippen molar-refractivity contribution in [3.63, 3.8) is 0 Å². The molecule has 0 bridgehead atoms. The standard InChI is InChI=1S/C20H26/c1-11-9-10-17-14-6-4-8-16(14)20(17)19-12(2)13-5-3-7-15(13)18(11)19/h9-10,12-18H,1,3-8H2,2H3. The van der Waals surface area contributed by atoms with E-state index in [2.05, 4.69) is 25.7 Å². The molecule has 0 heteroatoms. The van der Waals surface area contributed by atoms with Gasteiger partial charge in [0.1, 0.15) is 0 Å². The van der Waals surface area contributed by atoms with Crippen molar-refractivity contribution in [3.05, 3.63) is 35.5 Å². The Kier molecular flexibility index (Phi) is 2.31. The van der Waals surface area contributed by atoms with E-state index in [0.717, 1.165) is 41.4 Å². The topological polar surface area (TPSA) is 0 Å². The van der Waals surface area contributed by atoms with E-state index in [4.69, 9.17) is 0 Å². The third-order valence-electron chi connectivity index (χ3n) is 7.56. The zero-order chi connectivity index (χ0) is 13.4. The average molecular weight is 266 g/mol. The molecule has 0 amide bonds. The summed E-state index contributed by atoms with van der Waals surface area (Å²) in [7, 11) is 0. The van der Waals surface area contributed by atoms with Gasteiger partial charge < -0.3 is 0 Å². The zero-order valence-electron chi connectivity index (χ0n) is 12.6. The van der Waals surface area contributed by atoms with Gasteiger partial charge in [0.25, 0.3) is 0 Å². The fourth-order valence-corrected chi connectivity index (χ4v) is 6.86. The monoisotopic (exact) mass is 266 g/mol. The molecule has 0 aromatic carbocycles. The maximum Gasteiger partial charge on any atom is 0.00791 e. The molecule has 4 saturated carbocycles. The molecule has 20 heavy (non-hydrogen) atoms. The van der Waals surface area contributed by atoms with Crippen molar-refractivity contribution in [2.45, 2.75) is 45.4 Å². The molecule has 5 aliphatic carbocycles. The van der Waals surface area contributed by atoms with Gasteiger partial charge in [-0.15, -0.1) is 0 Å². The van der Waals surface area contributed by atoms with Crippen molar-refractivity contribution in [2.75, 3.05) is 0 Å². The van der Waals surface area contributed by atoms with Crippen LogP contribution in [0.25, 0.3) is 0 Å². The third kappa shape index (κ3) is 1.25. The Bertz CT molecular complexity index is 534. The second-order valence-corrected chi connectivity index (χ2v) is 8.10. The average Bonchev–Trinajstić information content (AvgIpc) is 3.08. The normalized spacial score (nSPS) is 52.2. The lowest BCUT2D eigenvalue weighted by atomic mass is 9.59. The molecule has 7 unspecified atom stereocenters.